The second-order valence-electron chi connectivity index (χ2n) is 4.97. The van der Waals surface area contributed by atoms with Gasteiger partial charge in [-0.1, -0.05) is 11.6 Å². The highest BCUT2D eigenvalue weighted by Gasteiger charge is 2.20. The molecule has 3 aromatic rings. The number of nitrogens with zero attached hydrogens (tertiary/aromatic N) is 4. The molecule has 104 valence electrons. The molecule has 0 aliphatic carbocycles. The number of hydrogen-bond donors (Lipinski definition) is 0. The van der Waals surface area contributed by atoms with Gasteiger partial charge < -0.3 is 0 Å². The first kappa shape index (κ1) is 12.5. The summed E-state index contributed by atoms with van der Waals surface area (Å²) in [4.78, 5) is 3.89. The topological polar surface area (TPSA) is 43.6 Å². The van der Waals surface area contributed by atoms with Crippen LogP contribution < -0.4 is 0 Å². The summed E-state index contributed by atoms with van der Waals surface area (Å²) in [6, 6.07) is 5.31. The van der Waals surface area contributed by atoms with Crippen LogP contribution in [0.4, 0.5) is 4.39 Å². The Kier molecular flexibility index (Phi) is 2.75. The van der Waals surface area contributed by atoms with Crippen LogP contribution in [0.25, 0.3) is 16.8 Å². The summed E-state index contributed by atoms with van der Waals surface area (Å²) >= 11 is 6.43. The Labute approximate surface area is 125 Å². The van der Waals surface area contributed by atoms with Crippen molar-refractivity contribution in [2.45, 2.75) is 12.8 Å². The molecule has 1 aliphatic rings. The molecule has 0 saturated heterocycles. The van der Waals surface area contributed by atoms with Gasteiger partial charge in [-0.2, -0.15) is 0 Å². The first-order valence-electron chi connectivity index (χ1n) is 6.55. The van der Waals surface area contributed by atoms with E-state index in [-0.39, 0.29) is 5.82 Å². The van der Waals surface area contributed by atoms with Crippen molar-refractivity contribution in [3.8, 4) is 16.8 Å². The lowest BCUT2D eigenvalue weighted by Crippen LogP contribution is -2.12. The molecule has 4 rings (SSSR count). The highest BCUT2D eigenvalue weighted by molar-refractivity contribution is 6.33. The van der Waals surface area contributed by atoms with Crippen molar-refractivity contribution in [3.63, 3.8) is 0 Å². The highest BCUT2D eigenvalue weighted by Crippen LogP contribution is 2.34. The van der Waals surface area contributed by atoms with Gasteiger partial charge in [-0.3, -0.25) is 9.55 Å². The number of benzene rings is 1. The van der Waals surface area contributed by atoms with Gasteiger partial charge in [-0.15, -0.1) is 10.2 Å². The van der Waals surface area contributed by atoms with Gasteiger partial charge in [0.05, 0.1) is 16.9 Å². The summed E-state index contributed by atoms with van der Waals surface area (Å²) in [6.45, 7) is 0. The molecule has 0 unspecified atom stereocenters. The second kappa shape index (κ2) is 4.63. The fourth-order valence-corrected chi connectivity index (χ4v) is 3.05. The molecule has 21 heavy (non-hydrogen) atoms. The van der Waals surface area contributed by atoms with Crippen LogP contribution in [0.15, 0.2) is 36.9 Å². The predicted molar refractivity (Wildman–Crippen MR) is 77.0 cm³/mol. The molecule has 0 atom stereocenters. The molecule has 0 bridgehead atoms. The van der Waals surface area contributed by atoms with Crippen LogP contribution >= 0.6 is 11.6 Å². The Balaban J connectivity index is 1.90. The first-order chi connectivity index (χ1) is 10.2. The standard InChI is InChI=1S/C15H10ClFN4/c16-13-5-10(11-4-12(17)7-18-6-11)3-9-1-2-14-20-19-8-21(14)15(9)13/h3-8H,1-2H2. The Morgan fingerprint density at radius 1 is 1.10 bits per heavy atom. The summed E-state index contributed by atoms with van der Waals surface area (Å²) in [5.41, 5.74) is 3.60. The number of hydrogen-bond acceptors (Lipinski definition) is 3. The molecule has 0 N–H and O–H groups in total. The molecule has 3 heterocycles. The van der Waals surface area contributed by atoms with E-state index in [0.717, 1.165) is 35.5 Å². The van der Waals surface area contributed by atoms with E-state index in [4.69, 9.17) is 11.6 Å². The van der Waals surface area contributed by atoms with Crippen molar-refractivity contribution in [2.75, 3.05) is 0 Å². The van der Waals surface area contributed by atoms with Gasteiger partial charge in [-0.05, 0) is 35.7 Å². The van der Waals surface area contributed by atoms with E-state index in [2.05, 4.69) is 15.2 Å². The normalized spacial score (nSPS) is 12.9. The van der Waals surface area contributed by atoms with E-state index in [1.54, 1.807) is 12.5 Å². The zero-order chi connectivity index (χ0) is 14.4. The third kappa shape index (κ3) is 2.01. The van der Waals surface area contributed by atoms with Gasteiger partial charge >= 0.3 is 0 Å². The Morgan fingerprint density at radius 3 is 2.86 bits per heavy atom. The molecule has 1 aliphatic heterocycles. The molecule has 2 aromatic heterocycles. The predicted octanol–water partition coefficient (Wildman–Crippen LogP) is 3.22. The summed E-state index contributed by atoms with van der Waals surface area (Å²) < 4.78 is 15.2. The number of rotatable bonds is 1. The van der Waals surface area contributed by atoms with E-state index in [1.165, 1.54) is 12.3 Å². The monoisotopic (exact) mass is 300 g/mol. The summed E-state index contributed by atoms with van der Waals surface area (Å²) in [5, 5.41) is 8.62. The van der Waals surface area contributed by atoms with Crippen LogP contribution in [0.1, 0.15) is 11.4 Å². The lowest BCUT2D eigenvalue weighted by molar-refractivity contribution is 0.622. The summed E-state index contributed by atoms with van der Waals surface area (Å²) in [5.74, 6) is 0.548. The molecule has 1 aromatic carbocycles. The molecule has 4 nitrogen and oxygen atoms in total. The maximum Gasteiger partial charge on any atom is 0.142 e. The fraction of sp³-hybridized carbons (Fsp3) is 0.133. The van der Waals surface area contributed by atoms with Gasteiger partial charge in [0, 0.05) is 18.2 Å². The number of aryl methyl sites for hydroxylation is 2. The van der Waals surface area contributed by atoms with Crippen molar-refractivity contribution < 1.29 is 4.39 Å². The largest absolute Gasteiger partial charge is 0.284 e. The third-order valence-corrected chi connectivity index (χ3v) is 3.95. The smallest absolute Gasteiger partial charge is 0.142 e. The zero-order valence-electron chi connectivity index (χ0n) is 10.9. The van der Waals surface area contributed by atoms with Gasteiger partial charge in [0.1, 0.15) is 18.0 Å². The third-order valence-electron chi connectivity index (χ3n) is 3.66. The zero-order valence-corrected chi connectivity index (χ0v) is 11.7. The molecular weight excluding hydrogens is 291 g/mol. The Bertz CT molecular complexity index is 843. The number of aromatic nitrogens is 4. The summed E-state index contributed by atoms with van der Waals surface area (Å²) in [7, 11) is 0. The average Bonchev–Trinajstić information content (AvgIpc) is 2.95. The molecule has 0 spiro atoms. The van der Waals surface area contributed by atoms with Crippen LogP contribution in [0.3, 0.4) is 0 Å². The van der Waals surface area contributed by atoms with Crippen molar-refractivity contribution in [1.29, 1.82) is 0 Å². The van der Waals surface area contributed by atoms with Crippen molar-refractivity contribution in [1.82, 2.24) is 19.7 Å². The van der Waals surface area contributed by atoms with E-state index < -0.39 is 0 Å². The molecule has 0 saturated carbocycles. The van der Waals surface area contributed by atoms with Crippen LogP contribution in [0, 0.1) is 5.82 Å². The van der Waals surface area contributed by atoms with E-state index >= 15 is 0 Å². The maximum atomic E-state index is 13.3. The number of pyridine rings is 1. The van der Waals surface area contributed by atoms with E-state index in [9.17, 15) is 4.39 Å². The Morgan fingerprint density at radius 2 is 2.00 bits per heavy atom. The van der Waals surface area contributed by atoms with Crippen molar-refractivity contribution in [3.05, 3.63) is 59.1 Å². The van der Waals surface area contributed by atoms with Gasteiger partial charge in [-0.25, -0.2) is 4.39 Å². The highest BCUT2D eigenvalue weighted by atomic mass is 35.5. The van der Waals surface area contributed by atoms with Crippen LogP contribution in [-0.4, -0.2) is 19.7 Å². The fourth-order valence-electron chi connectivity index (χ4n) is 2.72. The van der Waals surface area contributed by atoms with Crippen molar-refractivity contribution >= 4 is 11.6 Å². The molecule has 0 amide bonds. The van der Waals surface area contributed by atoms with Gasteiger partial charge in [0.2, 0.25) is 0 Å². The second-order valence-corrected chi connectivity index (χ2v) is 5.38. The number of halogens is 2. The maximum absolute atomic E-state index is 13.3. The van der Waals surface area contributed by atoms with Gasteiger partial charge in [0.25, 0.3) is 0 Å². The van der Waals surface area contributed by atoms with Gasteiger partial charge in [0.15, 0.2) is 0 Å². The van der Waals surface area contributed by atoms with E-state index in [1.807, 2.05) is 16.7 Å². The molecular formula is C15H10ClFN4. The number of fused-ring (bicyclic) bond motifs is 3. The van der Waals surface area contributed by atoms with Crippen LogP contribution in [0.2, 0.25) is 5.02 Å². The summed E-state index contributed by atoms with van der Waals surface area (Å²) in [6.07, 6.45) is 6.14. The lowest BCUT2D eigenvalue weighted by atomic mass is 9.97. The minimum absolute atomic E-state index is 0.359. The quantitative estimate of drug-likeness (QED) is 0.693. The average molecular weight is 301 g/mol. The van der Waals surface area contributed by atoms with E-state index in [0.29, 0.717) is 10.6 Å². The lowest BCUT2D eigenvalue weighted by Gasteiger charge is -2.20. The minimum Gasteiger partial charge on any atom is -0.284 e. The van der Waals surface area contributed by atoms with Crippen LogP contribution in [0.5, 0.6) is 0 Å². The molecule has 0 fully saturated rings. The SMILES string of the molecule is Fc1cncc(-c2cc(Cl)c3c(c2)CCc2nncn2-3)c1. The minimum atomic E-state index is -0.359. The van der Waals surface area contributed by atoms with Crippen molar-refractivity contribution in [2.24, 2.45) is 0 Å². The Hall–Kier alpha value is -2.27. The first-order valence-corrected chi connectivity index (χ1v) is 6.93. The molecule has 0 radical (unpaired) electrons. The molecule has 6 heteroatoms. The van der Waals surface area contributed by atoms with Crippen LogP contribution in [-0.2, 0) is 12.8 Å².